The highest BCUT2D eigenvalue weighted by atomic mass is 32.1. The van der Waals surface area contributed by atoms with Crippen molar-refractivity contribution in [2.24, 2.45) is 0 Å². The maximum absolute atomic E-state index is 4.58. The Hall–Kier alpha value is -1.94. The van der Waals surface area contributed by atoms with Gasteiger partial charge in [0.15, 0.2) is 0 Å². The molecule has 1 aromatic carbocycles. The number of thiazole rings is 1. The fourth-order valence-corrected chi connectivity index (χ4v) is 2.90. The molecule has 3 rings (SSSR count). The van der Waals surface area contributed by atoms with Crippen LogP contribution in [-0.2, 0) is 6.42 Å². The van der Waals surface area contributed by atoms with Gasteiger partial charge in [-0.25, -0.2) is 9.97 Å². The first kappa shape index (κ1) is 12.1. The Morgan fingerprint density at radius 3 is 2.89 bits per heavy atom. The third-order valence-corrected chi connectivity index (χ3v) is 4.05. The molecule has 0 unspecified atom stereocenters. The standard InChI is InChI=1S/C15H15N3S/c1-11-5-2-3-6-12(11)16-10-8-14-18-13-7-4-9-17-15(13)19-14/h2-7,9,16H,8,10H2,1H3. The van der Waals surface area contributed by atoms with Crippen LogP contribution in [0.3, 0.4) is 0 Å². The zero-order valence-corrected chi connectivity index (χ0v) is 11.6. The number of hydrogen-bond acceptors (Lipinski definition) is 4. The summed E-state index contributed by atoms with van der Waals surface area (Å²) < 4.78 is 0. The Morgan fingerprint density at radius 2 is 2.05 bits per heavy atom. The van der Waals surface area contributed by atoms with Gasteiger partial charge in [-0.15, -0.1) is 0 Å². The molecule has 0 atom stereocenters. The molecule has 0 radical (unpaired) electrons. The van der Waals surface area contributed by atoms with Crippen LogP contribution < -0.4 is 5.32 Å². The van der Waals surface area contributed by atoms with Gasteiger partial charge < -0.3 is 5.32 Å². The number of benzene rings is 1. The number of para-hydroxylation sites is 1. The average molecular weight is 269 g/mol. The highest BCUT2D eigenvalue weighted by Crippen LogP contribution is 2.20. The third kappa shape index (κ3) is 2.74. The molecular weight excluding hydrogens is 254 g/mol. The Morgan fingerprint density at radius 1 is 1.16 bits per heavy atom. The predicted octanol–water partition coefficient (Wildman–Crippen LogP) is 3.65. The lowest BCUT2D eigenvalue weighted by molar-refractivity contribution is 1.00. The van der Waals surface area contributed by atoms with Gasteiger partial charge in [0.25, 0.3) is 0 Å². The third-order valence-electron chi connectivity index (χ3n) is 3.01. The van der Waals surface area contributed by atoms with Crippen LogP contribution in [-0.4, -0.2) is 16.5 Å². The van der Waals surface area contributed by atoms with Crippen LogP contribution in [0.2, 0.25) is 0 Å². The number of aromatic nitrogens is 2. The molecule has 0 amide bonds. The molecule has 96 valence electrons. The van der Waals surface area contributed by atoms with Gasteiger partial charge in [0.05, 0.1) is 5.01 Å². The zero-order valence-electron chi connectivity index (χ0n) is 10.8. The van der Waals surface area contributed by atoms with E-state index in [-0.39, 0.29) is 0 Å². The van der Waals surface area contributed by atoms with Gasteiger partial charge in [-0.1, -0.05) is 29.5 Å². The normalized spacial score (nSPS) is 10.8. The van der Waals surface area contributed by atoms with Crippen molar-refractivity contribution in [1.82, 2.24) is 9.97 Å². The average Bonchev–Trinajstić information content (AvgIpc) is 2.83. The van der Waals surface area contributed by atoms with Crippen molar-refractivity contribution >= 4 is 27.4 Å². The van der Waals surface area contributed by atoms with Crippen LogP contribution >= 0.6 is 11.3 Å². The van der Waals surface area contributed by atoms with Crippen molar-refractivity contribution in [2.45, 2.75) is 13.3 Å². The summed E-state index contributed by atoms with van der Waals surface area (Å²) in [5.74, 6) is 0. The molecule has 4 heteroatoms. The van der Waals surface area contributed by atoms with Gasteiger partial charge in [0, 0.05) is 24.8 Å². The van der Waals surface area contributed by atoms with Crippen molar-refractivity contribution in [3.8, 4) is 0 Å². The quantitative estimate of drug-likeness (QED) is 0.785. The Bertz CT molecular complexity index is 657. The fraction of sp³-hybridized carbons (Fsp3) is 0.200. The van der Waals surface area contributed by atoms with Crippen molar-refractivity contribution < 1.29 is 0 Å². The second-order valence-corrected chi connectivity index (χ2v) is 5.49. The molecule has 19 heavy (non-hydrogen) atoms. The molecule has 1 N–H and O–H groups in total. The van der Waals surface area contributed by atoms with E-state index in [1.54, 1.807) is 11.3 Å². The van der Waals surface area contributed by atoms with Crippen LogP contribution in [0, 0.1) is 6.92 Å². The largest absolute Gasteiger partial charge is 0.384 e. The topological polar surface area (TPSA) is 37.8 Å². The smallest absolute Gasteiger partial charge is 0.143 e. The SMILES string of the molecule is Cc1ccccc1NCCc1nc2cccnc2s1. The monoisotopic (exact) mass is 269 g/mol. The summed E-state index contributed by atoms with van der Waals surface area (Å²) in [5.41, 5.74) is 3.47. The van der Waals surface area contributed by atoms with Crippen LogP contribution in [0.15, 0.2) is 42.6 Å². The molecular formula is C15H15N3S. The number of nitrogens with zero attached hydrogens (tertiary/aromatic N) is 2. The molecule has 0 saturated heterocycles. The summed E-state index contributed by atoms with van der Waals surface area (Å²) in [4.78, 5) is 9.92. The van der Waals surface area contributed by atoms with E-state index in [2.05, 4.69) is 46.5 Å². The Kier molecular flexibility index (Phi) is 3.42. The van der Waals surface area contributed by atoms with E-state index in [4.69, 9.17) is 0 Å². The molecule has 0 saturated carbocycles. The summed E-state index contributed by atoms with van der Waals surface area (Å²) in [5, 5.41) is 4.59. The van der Waals surface area contributed by atoms with Crippen LogP contribution in [0.25, 0.3) is 10.3 Å². The van der Waals surface area contributed by atoms with E-state index in [9.17, 15) is 0 Å². The summed E-state index contributed by atoms with van der Waals surface area (Å²) in [6, 6.07) is 12.3. The first-order chi connectivity index (χ1) is 9.33. The summed E-state index contributed by atoms with van der Waals surface area (Å²) in [6.45, 7) is 3.01. The minimum atomic E-state index is 0.894. The predicted molar refractivity (Wildman–Crippen MR) is 80.8 cm³/mol. The summed E-state index contributed by atoms with van der Waals surface area (Å²) >= 11 is 1.67. The minimum Gasteiger partial charge on any atom is -0.384 e. The maximum atomic E-state index is 4.58. The molecule has 0 spiro atoms. The van der Waals surface area contributed by atoms with Gasteiger partial charge >= 0.3 is 0 Å². The molecule has 0 aliphatic rings. The molecule has 0 fully saturated rings. The van der Waals surface area contributed by atoms with Crippen LogP contribution in [0.4, 0.5) is 5.69 Å². The molecule has 0 bridgehead atoms. The van der Waals surface area contributed by atoms with Gasteiger partial charge in [-0.3, -0.25) is 0 Å². The lowest BCUT2D eigenvalue weighted by atomic mass is 10.2. The van der Waals surface area contributed by atoms with Gasteiger partial charge in [0.2, 0.25) is 0 Å². The molecule has 3 aromatic rings. The van der Waals surface area contributed by atoms with Crippen LogP contribution in [0.1, 0.15) is 10.6 Å². The lowest BCUT2D eigenvalue weighted by Crippen LogP contribution is -2.05. The van der Waals surface area contributed by atoms with Gasteiger partial charge in [0.1, 0.15) is 10.3 Å². The summed E-state index contributed by atoms with van der Waals surface area (Å²) in [7, 11) is 0. The molecule has 3 nitrogen and oxygen atoms in total. The number of nitrogens with one attached hydrogen (secondary N) is 1. The second kappa shape index (κ2) is 5.36. The zero-order chi connectivity index (χ0) is 13.1. The van der Waals surface area contributed by atoms with E-state index in [0.29, 0.717) is 0 Å². The van der Waals surface area contributed by atoms with E-state index in [1.165, 1.54) is 11.3 Å². The van der Waals surface area contributed by atoms with Crippen molar-refractivity contribution in [1.29, 1.82) is 0 Å². The molecule has 2 aromatic heterocycles. The van der Waals surface area contributed by atoms with E-state index >= 15 is 0 Å². The van der Waals surface area contributed by atoms with Crippen LogP contribution in [0.5, 0.6) is 0 Å². The Labute approximate surface area is 116 Å². The Balaban J connectivity index is 1.65. The van der Waals surface area contributed by atoms with Gasteiger partial charge in [-0.2, -0.15) is 0 Å². The first-order valence-electron chi connectivity index (χ1n) is 6.33. The minimum absolute atomic E-state index is 0.894. The molecule has 0 aliphatic carbocycles. The number of rotatable bonds is 4. The highest BCUT2D eigenvalue weighted by Gasteiger charge is 2.04. The van der Waals surface area contributed by atoms with E-state index in [0.717, 1.165) is 28.3 Å². The summed E-state index contributed by atoms with van der Waals surface area (Å²) in [6.07, 6.45) is 2.74. The van der Waals surface area contributed by atoms with Crippen molar-refractivity contribution in [2.75, 3.05) is 11.9 Å². The van der Waals surface area contributed by atoms with Gasteiger partial charge in [-0.05, 0) is 30.7 Å². The van der Waals surface area contributed by atoms with E-state index < -0.39 is 0 Å². The number of anilines is 1. The van der Waals surface area contributed by atoms with Crippen molar-refractivity contribution in [3.05, 3.63) is 53.2 Å². The fourth-order valence-electron chi connectivity index (χ4n) is 2.00. The number of aryl methyl sites for hydroxylation is 1. The lowest BCUT2D eigenvalue weighted by Gasteiger charge is -2.07. The molecule has 0 aliphatic heterocycles. The first-order valence-corrected chi connectivity index (χ1v) is 7.14. The molecule has 2 heterocycles. The van der Waals surface area contributed by atoms with Crippen molar-refractivity contribution in [3.63, 3.8) is 0 Å². The number of pyridine rings is 1. The number of fused-ring (bicyclic) bond motifs is 1. The van der Waals surface area contributed by atoms with E-state index in [1.807, 2.05) is 18.3 Å². The second-order valence-electron chi connectivity index (χ2n) is 4.43. The highest BCUT2D eigenvalue weighted by molar-refractivity contribution is 7.18. The number of hydrogen-bond donors (Lipinski definition) is 1. The maximum Gasteiger partial charge on any atom is 0.143 e.